The van der Waals surface area contributed by atoms with Crippen molar-refractivity contribution < 1.29 is 9.72 Å². The Morgan fingerprint density at radius 2 is 1.97 bits per heavy atom. The first-order valence-corrected chi connectivity index (χ1v) is 11.0. The van der Waals surface area contributed by atoms with Gasteiger partial charge < -0.3 is 0 Å². The van der Waals surface area contributed by atoms with Crippen molar-refractivity contribution in [2.45, 2.75) is 11.4 Å². The standard InChI is InChI=1S/C21H16N4O3S2/c1-29-17-5-2-6-18-19(17)23-21(30-18)24(13-14-4-3-11-22-12-14)20(26)15-7-9-16(10-8-15)25(27)28/h2-12H,13H2,1H3. The number of nitro benzene ring substituents is 1. The second kappa shape index (κ2) is 8.60. The summed E-state index contributed by atoms with van der Waals surface area (Å²) in [4.78, 5) is 35.3. The van der Waals surface area contributed by atoms with Gasteiger partial charge in [0.1, 0.15) is 0 Å². The van der Waals surface area contributed by atoms with Crippen LogP contribution in [0.4, 0.5) is 10.8 Å². The Kier molecular flexibility index (Phi) is 5.73. The third-order valence-corrected chi connectivity index (χ3v) is 6.27. The monoisotopic (exact) mass is 436 g/mol. The largest absolute Gasteiger partial charge is 0.279 e. The van der Waals surface area contributed by atoms with E-state index in [0.717, 1.165) is 20.7 Å². The summed E-state index contributed by atoms with van der Waals surface area (Å²) in [6, 6.07) is 15.3. The van der Waals surface area contributed by atoms with Crippen LogP contribution in [0, 0.1) is 10.1 Å². The van der Waals surface area contributed by atoms with E-state index in [1.807, 2.05) is 36.6 Å². The third-order valence-electron chi connectivity index (χ3n) is 4.46. The summed E-state index contributed by atoms with van der Waals surface area (Å²) in [7, 11) is 0. The van der Waals surface area contributed by atoms with Gasteiger partial charge in [-0.25, -0.2) is 4.98 Å². The fourth-order valence-corrected chi connectivity index (χ4v) is 4.59. The molecular weight excluding hydrogens is 420 g/mol. The average molecular weight is 437 g/mol. The van der Waals surface area contributed by atoms with Crippen LogP contribution in [0.5, 0.6) is 0 Å². The summed E-state index contributed by atoms with van der Waals surface area (Å²) in [6.07, 6.45) is 5.37. The number of rotatable bonds is 6. The zero-order valence-corrected chi connectivity index (χ0v) is 17.5. The van der Waals surface area contributed by atoms with Crippen LogP contribution < -0.4 is 4.90 Å². The fourth-order valence-electron chi connectivity index (χ4n) is 2.97. The Labute approximate surface area is 180 Å². The van der Waals surface area contributed by atoms with Crippen molar-refractivity contribution >= 4 is 50.0 Å². The van der Waals surface area contributed by atoms with Crippen LogP contribution in [0.15, 0.2) is 71.9 Å². The number of hydrogen-bond donors (Lipinski definition) is 0. The van der Waals surface area contributed by atoms with Gasteiger partial charge in [-0.3, -0.25) is 24.8 Å². The van der Waals surface area contributed by atoms with Crippen LogP contribution in [0.3, 0.4) is 0 Å². The van der Waals surface area contributed by atoms with Crippen molar-refractivity contribution in [2.24, 2.45) is 0 Å². The SMILES string of the molecule is CSc1cccc2sc(N(Cc3cccnc3)C(=O)c3ccc([N+](=O)[O-])cc3)nc12. The lowest BCUT2D eigenvalue weighted by atomic mass is 10.1. The summed E-state index contributed by atoms with van der Waals surface area (Å²) >= 11 is 3.04. The van der Waals surface area contributed by atoms with Crippen molar-refractivity contribution in [3.05, 3.63) is 88.2 Å². The van der Waals surface area contributed by atoms with E-state index in [9.17, 15) is 14.9 Å². The summed E-state index contributed by atoms with van der Waals surface area (Å²) in [6.45, 7) is 0.290. The Morgan fingerprint density at radius 3 is 2.63 bits per heavy atom. The van der Waals surface area contributed by atoms with Crippen LogP contribution in [0.2, 0.25) is 0 Å². The minimum atomic E-state index is -0.487. The lowest BCUT2D eigenvalue weighted by Crippen LogP contribution is -2.30. The maximum Gasteiger partial charge on any atom is 0.269 e. The average Bonchev–Trinajstić information content (AvgIpc) is 3.22. The molecule has 0 bridgehead atoms. The lowest BCUT2D eigenvalue weighted by Gasteiger charge is -2.20. The first kappa shape index (κ1) is 20.0. The van der Waals surface area contributed by atoms with Crippen molar-refractivity contribution in [2.75, 3.05) is 11.2 Å². The minimum absolute atomic E-state index is 0.0602. The zero-order chi connectivity index (χ0) is 21.1. The number of fused-ring (bicyclic) bond motifs is 1. The molecule has 0 aliphatic rings. The second-order valence-electron chi connectivity index (χ2n) is 6.36. The number of pyridine rings is 1. The normalized spacial score (nSPS) is 10.8. The molecule has 2 aromatic heterocycles. The number of aromatic nitrogens is 2. The Hall–Kier alpha value is -3.30. The number of amides is 1. The number of thioether (sulfide) groups is 1. The van der Waals surface area contributed by atoms with Crippen LogP contribution in [-0.2, 0) is 6.54 Å². The van der Waals surface area contributed by atoms with E-state index in [1.54, 1.807) is 29.1 Å². The Balaban J connectivity index is 1.76. The van der Waals surface area contributed by atoms with E-state index < -0.39 is 4.92 Å². The molecule has 0 spiro atoms. The molecule has 9 heteroatoms. The van der Waals surface area contributed by atoms with Crippen molar-refractivity contribution in [1.82, 2.24) is 9.97 Å². The number of non-ortho nitro benzene ring substituents is 1. The molecule has 0 unspecified atom stereocenters. The van der Waals surface area contributed by atoms with E-state index in [2.05, 4.69) is 4.98 Å². The van der Waals surface area contributed by atoms with E-state index in [1.165, 1.54) is 35.6 Å². The zero-order valence-electron chi connectivity index (χ0n) is 15.9. The van der Waals surface area contributed by atoms with Crippen molar-refractivity contribution in [3.63, 3.8) is 0 Å². The maximum atomic E-state index is 13.4. The molecule has 0 atom stereocenters. The van der Waals surface area contributed by atoms with E-state index in [-0.39, 0.29) is 18.1 Å². The molecule has 0 saturated heterocycles. The van der Waals surface area contributed by atoms with E-state index >= 15 is 0 Å². The molecule has 2 aromatic carbocycles. The number of benzene rings is 2. The van der Waals surface area contributed by atoms with Crippen molar-refractivity contribution in [3.8, 4) is 0 Å². The van der Waals surface area contributed by atoms with Gasteiger partial charge in [-0.1, -0.05) is 23.5 Å². The summed E-state index contributed by atoms with van der Waals surface area (Å²) in [5.74, 6) is -0.279. The van der Waals surface area contributed by atoms with E-state index in [4.69, 9.17) is 4.98 Å². The number of carbonyl (C=O) groups excluding carboxylic acids is 1. The highest BCUT2D eigenvalue weighted by molar-refractivity contribution is 7.98. The molecule has 4 aromatic rings. The molecule has 0 N–H and O–H groups in total. The molecule has 7 nitrogen and oxygen atoms in total. The first-order valence-electron chi connectivity index (χ1n) is 8.95. The van der Waals surface area contributed by atoms with Crippen molar-refractivity contribution in [1.29, 1.82) is 0 Å². The molecule has 0 saturated carbocycles. The topological polar surface area (TPSA) is 89.2 Å². The van der Waals surface area contributed by atoms with Crippen LogP contribution in [-0.4, -0.2) is 27.1 Å². The number of thiazole rings is 1. The summed E-state index contributed by atoms with van der Waals surface area (Å²) in [5.41, 5.74) is 2.01. The summed E-state index contributed by atoms with van der Waals surface area (Å²) < 4.78 is 0.990. The molecule has 0 radical (unpaired) electrons. The molecule has 150 valence electrons. The number of hydrogen-bond acceptors (Lipinski definition) is 7. The molecule has 4 rings (SSSR count). The van der Waals surface area contributed by atoms with Gasteiger partial charge >= 0.3 is 0 Å². The van der Waals surface area contributed by atoms with Crippen LogP contribution >= 0.6 is 23.1 Å². The molecule has 0 aliphatic heterocycles. The number of para-hydroxylation sites is 1. The number of carbonyl (C=O) groups is 1. The molecule has 30 heavy (non-hydrogen) atoms. The molecule has 0 aliphatic carbocycles. The Morgan fingerprint density at radius 1 is 1.17 bits per heavy atom. The quantitative estimate of drug-likeness (QED) is 0.235. The van der Waals surface area contributed by atoms with Crippen LogP contribution in [0.25, 0.3) is 10.2 Å². The number of nitro groups is 1. The minimum Gasteiger partial charge on any atom is -0.279 e. The van der Waals surface area contributed by atoms with Gasteiger partial charge in [-0.05, 0) is 42.2 Å². The van der Waals surface area contributed by atoms with Gasteiger partial charge in [0.25, 0.3) is 11.6 Å². The predicted octanol–water partition coefficient (Wildman–Crippen LogP) is 5.17. The fraction of sp³-hybridized carbons (Fsp3) is 0.0952. The molecular formula is C21H16N4O3S2. The van der Waals surface area contributed by atoms with Gasteiger partial charge in [-0.2, -0.15) is 0 Å². The molecule has 0 fully saturated rings. The lowest BCUT2D eigenvalue weighted by molar-refractivity contribution is -0.384. The predicted molar refractivity (Wildman–Crippen MR) is 119 cm³/mol. The number of anilines is 1. The second-order valence-corrected chi connectivity index (χ2v) is 8.22. The van der Waals surface area contributed by atoms with E-state index in [0.29, 0.717) is 10.7 Å². The highest BCUT2D eigenvalue weighted by Crippen LogP contribution is 2.35. The van der Waals surface area contributed by atoms with Gasteiger partial charge in [0.2, 0.25) is 0 Å². The smallest absolute Gasteiger partial charge is 0.269 e. The van der Waals surface area contributed by atoms with Gasteiger partial charge in [-0.15, -0.1) is 11.8 Å². The van der Waals surface area contributed by atoms with Gasteiger partial charge in [0.15, 0.2) is 5.13 Å². The Bertz CT molecular complexity index is 1210. The van der Waals surface area contributed by atoms with Gasteiger partial charge in [0, 0.05) is 35.0 Å². The van der Waals surface area contributed by atoms with Gasteiger partial charge in [0.05, 0.1) is 21.7 Å². The maximum absolute atomic E-state index is 13.4. The first-order chi connectivity index (χ1) is 14.6. The molecule has 1 amide bonds. The third kappa shape index (κ3) is 4.03. The highest BCUT2D eigenvalue weighted by atomic mass is 32.2. The molecule has 2 heterocycles. The van der Waals surface area contributed by atoms with Crippen LogP contribution in [0.1, 0.15) is 15.9 Å². The summed E-state index contributed by atoms with van der Waals surface area (Å²) in [5, 5.41) is 11.5. The number of nitrogens with zero attached hydrogens (tertiary/aromatic N) is 4. The highest BCUT2D eigenvalue weighted by Gasteiger charge is 2.23.